The zero-order valence-corrected chi connectivity index (χ0v) is 19.9. The molecule has 2 aliphatic heterocycles. The topological polar surface area (TPSA) is 96.0 Å². The first-order valence-corrected chi connectivity index (χ1v) is 13.0. The normalized spacial score (nSPS) is 17.7. The van der Waals surface area contributed by atoms with Crippen LogP contribution in [-0.4, -0.2) is 50.8 Å². The fraction of sp³-hybridized carbons (Fsp3) is 0.429. The second kappa shape index (κ2) is 9.38. The van der Waals surface area contributed by atoms with Gasteiger partial charge in [0.25, 0.3) is 15.9 Å². The highest BCUT2D eigenvalue weighted by molar-refractivity contribution is 7.91. The van der Waals surface area contributed by atoms with Gasteiger partial charge in [-0.3, -0.25) is 14.5 Å². The standard InChI is InChI=1S/C21H24ClN3O5S2/c1-14-6-8-24(9-7-14)32(28,29)21-5-3-16(31-21)11-23-19(26)12-25-17-10-15(22)2-4-18(17)30-13-20(25)27/h2-5,10,14H,6-9,11-13H2,1H3,(H,23,26). The van der Waals surface area contributed by atoms with E-state index in [1.165, 1.54) is 9.21 Å². The molecule has 2 amide bonds. The number of nitrogens with one attached hydrogen (secondary N) is 1. The highest BCUT2D eigenvalue weighted by Gasteiger charge is 2.30. The number of hydrogen-bond donors (Lipinski definition) is 1. The predicted molar refractivity (Wildman–Crippen MR) is 123 cm³/mol. The average Bonchev–Trinajstić information content (AvgIpc) is 3.25. The molecule has 1 saturated heterocycles. The van der Waals surface area contributed by atoms with Crippen LogP contribution in [0.5, 0.6) is 5.75 Å². The first kappa shape index (κ1) is 23.0. The van der Waals surface area contributed by atoms with E-state index in [1.807, 2.05) is 0 Å². The minimum atomic E-state index is -3.51. The molecule has 1 N–H and O–H groups in total. The number of fused-ring (bicyclic) bond motifs is 1. The molecule has 0 radical (unpaired) electrons. The fourth-order valence-electron chi connectivity index (χ4n) is 3.68. The molecule has 3 heterocycles. The Morgan fingerprint density at radius 2 is 2.00 bits per heavy atom. The van der Waals surface area contributed by atoms with Crippen molar-refractivity contribution in [2.24, 2.45) is 5.92 Å². The Kier molecular flexibility index (Phi) is 6.75. The van der Waals surface area contributed by atoms with Gasteiger partial charge in [0.1, 0.15) is 16.5 Å². The van der Waals surface area contributed by atoms with E-state index in [4.69, 9.17) is 16.3 Å². The largest absolute Gasteiger partial charge is 0.482 e. The predicted octanol–water partition coefficient (Wildman–Crippen LogP) is 2.86. The summed E-state index contributed by atoms with van der Waals surface area (Å²) in [5, 5.41) is 3.19. The van der Waals surface area contributed by atoms with Crippen LogP contribution in [0.1, 0.15) is 24.6 Å². The lowest BCUT2D eigenvalue weighted by Gasteiger charge is -2.29. The second-order valence-electron chi connectivity index (χ2n) is 7.96. The van der Waals surface area contributed by atoms with E-state index < -0.39 is 10.0 Å². The lowest BCUT2D eigenvalue weighted by molar-refractivity contribution is -0.125. The first-order chi connectivity index (χ1) is 15.2. The van der Waals surface area contributed by atoms with Gasteiger partial charge in [0.15, 0.2) is 6.61 Å². The number of rotatable bonds is 6. The van der Waals surface area contributed by atoms with Crippen LogP contribution in [-0.2, 0) is 26.2 Å². The molecule has 0 aliphatic carbocycles. The van der Waals surface area contributed by atoms with E-state index in [0.717, 1.165) is 29.1 Å². The van der Waals surface area contributed by atoms with Gasteiger partial charge in [0, 0.05) is 23.0 Å². The van der Waals surface area contributed by atoms with Gasteiger partial charge in [0.05, 0.1) is 12.2 Å². The number of hydrogen-bond acceptors (Lipinski definition) is 6. The van der Waals surface area contributed by atoms with E-state index >= 15 is 0 Å². The quantitative estimate of drug-likeness (QED) is 0.662. The molecule has 2 aromatic rings. The number of nitrogens with zero attached hydrogens (tertiary/aromatic N) is 2. The van der Waals surface area contributed by atoms with Crippen LogP contribution in [0.3, 0.4) is 0 Å². The van der Waals surface area contributed by atoms with E-state index in [-0.39, 0.29) is 35.7 Å². The maximum absolute atomic E-state index is 12.9. The fourth-order valence-corrected chi connectivity index (χ4v) is 6.76. The van der Waals surface area contributed by atoms with Crippen molar-refractivity contribution in [3.8, 4) is 5.75 Å². The highest BCUT2D eigenvalue weighted by Crippen LogP contribution is 2.34. The number of carbonyl (C=O) groups excluding carboxylic acids is 2. The van der Waals surface area contributed by atoms with Crippen molar-refractivity contribution in [1.82, 2.24) is 9.62 Å². The second-order valence-corrected chi connectivity index (χ2v) is 11.7. The highest BCUT2D eigenvalue weighted by atomic mass is 35.5. The molecule has 1 aromatic heterocycles. The summed E-state index contributed by atoms with van der Waals surface area (Å²) in [5.41, 5.74) is 0.448. The minimum Gasteiger partial charge on any atom is -0.482 e. The van der Waals surface area contributed by atoms with Crippen molar-refractivity contribution in [3.63, 3.8) is 0 Å². The van der Waals surface area contributed by atoms with Crippen LogP contribution in [0.2, 0.25) is 5.02 Å². The SMILES string of the molecule is CC1CCN(S(=O)(=O)c2ccc(CNC(=O)CN3C(=O)COc4ccc(Cl)cc43)s2)CC1. The summed E-state index contributed by atoms with van der Waals surface area (Å²) in [6, 6.07) is 8.19. The molecule has 2 aliphatic rings. The molecule has 32 heavy (non-hydrogen) atoms. The van der Waals surface area contributed by atoms with Crippen molar-refractivity contribution in [2.75, 3.05) is 31.1 Å². The van der Waals surface area contributed by atoms with Gasteiger partial charge in [0.2, 0.25) is 5.91 Å². The van der Waals surface area contributed by atoms with Crippen LogP contribution in [0.4, 0.5) is 5.69 Å². The number of carbonyl (C=O) groups is 2. The number of anilines is 1. The number of sulfonamides is 1. The third-order valence-corrected chi connectivity index (χ3v) is 9.29. The molecular weight excluding hydrogens is 474 g/mol. The third kappa shape index (κ3) is 4.93. The van der Waals surface area contributed by atoms with Gasteiger partial charge in [-0.25, -0.2) is 8.42 Å². The monoisotopic (exact) mass is 497 g/mol. The number of piperidine rings is 1. The molecule has 1 fully saturated rings. The molecule has 172 valence electrons. The van der Waals surface area contributed by atoms with Crippen molar-refractivity contribution in [1.29, 1.82) is 0 Å². The lowest BCUT2D eigenvalue weighted by Crippen LogP contribution is -2.45. The zero-order chi connectivity index (χ0) is 22.9. The molecule has 0 saturated carbocycles. The maximum Gasteiger partial charge on any atom is 0.265 e. The van der Waals surface area contributed by atoms with Crippen LogP contribution >= 0.6 is 22.9 Å². The van der Waals surface area contributed by atoms with E-state index in [9.17, 15) is 18.0 Å². The van der Waals surface area contributed by atoms with Crippen molar-refractivity contribution < 1.29 is 22.7 Å². The number of amides is 2. The Labute approximate surface area is 196 Å². The molecule has 11 heteroatoms. The first-order valence-electron chi connectivity index (χ1n) is 10.3. The molecule has 0 spiro atoms. The summed E-state index contributed by atoms with van der Waals surface area (Å²) in [6.45, 7) is 3.05. The maximum atomic E-state index is 12.9. The molecule has 0 atom stereocenters. The number of benzene rings is 1. The van der Waals surface area contributed by atoms with Gasteiger partial charge in [-0.1, -0.05) is 18.5 Å². The smallest absolute Gasteiger partial charge is 0.265 e. The van der Waals surface area contributed by atoms with Gasteiger partial charge in [-0.05, 0) is 49.1 Å². The van der Waals surface area contributed by atoms with Crippen LogP contribution in [0.25, 0.3) is 0 Å². The van der Waals surface area contributed by atoms with Crippen molar-refractivity contribution >= 4 is 50.5 Å². The number of halogens is 1. The summed E-state index contributed by atoms with van der Waals surface area (Å²) in [6.07, 6.45) is 1.73. The lowest BCUT2D eigenvalue weighted by atomic mass is 10.0. The summed E-state index contributed by atoms with van der Waals surface area (Å²) in [5.74, 6) is 0.322. The average molecular weight is 498 g/mol. The van der Waals surface area contributed by atoms with Gasteiger partial charge in [-0.15, -0.1) is 11.3 Å². The summed E-state index contributed by atoms with van der Waals surface area (Å²) < 4.78 is 32.9. The summed E-state index contributed by atoms with van der Waals surface area (Å²) in [4.78, 5) is 26.8. The molecular formula is C21H24ClN3O5S2. The van der Waals surface area contributed by atoms with Gasteiger partial charge < -0.3 is 10.1 Å². The van der Waals surface area contributed by atoms with Gasteiger partial charge in [-0.2, -0.15) is 4.31 Å². The molecule has 0 bridgehead atoms. The van der Waals surface area contributed by atoms with E-state index in [1.54, 1.807) is 30.3 Å². The van der Waals surface area contributed by atoms with E-state index in [0.29, 0.717) is 35.5 Å². The number of ether oxygens (including phenoxy) is 1. The Balaban J connectivity index is 1.37. The van der Waals surface area contributed by atoms with E-state index in [2.05, 4.69) is 12.2 Å². The Hall–Kier alpha value is -2.14. The zero-order valence-electron chi connectivity index (χ0n) is 17.5. The van der Waals surface area contributed by atoms with Gasteiger partial charge >= 0.3 is 0 Å². The molecule has 1 aromatic carbocycles. The summed E-state index contributed by atoms with van der Waals surface area (Å²) in [7, 11) is -3.51. The molecule has 0 unspecified atom stereocenters. The molecule has 4 rings (SSSR count). The minimum absolute atomic E-state index is 0.149. The Morgan fingerprint density at radius 1 is 1.25 bits per heavy atom. The summed E-state index contributed by atoms with van der Waals surface area (Å²) >= 11 is 7.18. The van der Waals surface area contributed by atoms with Crippen molar-refractivity contribution in [2.45, 2.75) is 30.5 Å². The molecule has 8 nitrogen and oxygen atoms in total. The Bertz CT molecular complexity index is 1130. The van der Waals surface area contributed by atoms with Crippen molar-refractivity contribution in [3.05, 3.63) is 40.2 Å². The van der Waals surface area contributed by atoms with Crippen LogP contribution < -0.4 is 15.0 Å². The number of thiophene rings is 1. The van der Waals surface area contributed by atoms with Crippen LogP contribution in [0.15, 0.2) is 34.5 Å². The third-order valence-electron chi connectivity index (χ3n) is 5.60. The van der Waals surface area contributed by atoms with Crippen LogP contribution in [0, 0.1) is 5.92 Å². The Morgan fingerprint density at radius 3 is 2.75 bits per heavy atom.